The van der Waals surface area contributed by atoms with Crippen LogP contribution in [0.5, 0.6) is 5.75 Å². The third-order valence-corrected chi connectivity index (χ3v) is 2.91. The zero-order valence-corrected chi connectivity index (χ0v) is 11.1. The Balaban J connectivity index is 1.64. The fraction of sp³-hybridized carbons (Fsp3) is 0.429. The van der Waals surface area contributed by atoms with E-state index in [2.05, 4.69) is 5.32 Å². The van der Waals surface area contributed by atoms with Gasteiger partial charge in [0, 0.05) is 6.42 Å². The fourth-order valence-corrected chi connectivity index (χ4v) is 1.83. The van der Waals surface area contributed by atoms with E-state index in [4.69, 9.17) is 15.2 Å². The lowest BCUT2D eigenvalue weighted by molar-refractivity contribution is -0.134. The second kappa shape index (κ2) is 6.49. The Bertz CT molecular complexity index is 471. The van der Waals surface area contributed by atoms with Crippen molar-refractivity contribution in [1.29, 1.82) is 0 Å². The molecule has 1 aromatic carbocycles. The van der Waals surface area contributed by atoms with E-state index in [1.165, 1.54) is 0 Å². The molecule has 108 valence electrons. The molecule has 0 spiro atoms. The van der Waals surface area contributed by atoms with Crippen LogP contribution in [0.1, 0.15) is 12.8 Å². The average Bonchev–Trinajstić information content (AvgIpc) is 2.38. The van der Waals surface area contributed by atoms with Gasteiger partial charge in [-0.1, -0.05) is 18.2 Å². The molecule has 0 bridgehead atoms. The third-order valence-electron chi connectivity index (χ3n) is 2.91. The quantitative estimate of drug-likeness (QED) is 0.776. The van der Waals surface area contributed by atoms with Crippen molar-refractivity contribution in [1.82, 2.24) is 5.32 Å². The predicted molar refractivity (Wildman–Crippen MR) is 72.1 cm³/mol. The van der Waals surface area contributed by atoms with E-state index in [1.807, 2.05) is 18.2 Å². The first kappa shape index (κ1) is 14.5. The van der Waals surface area contributed by atoms with Crippen molar-refractivity contribution in [3.05, 3.63) is 30.3 Å². The summed E-state index contributed by atoms with van der Waals surface area (Å²) in [6, 6.07) is 9.18. The molecule has 1 aliphatic heterocycles. The number of ether oxygens (including phenoxy) is 2. The number of hydrogen-bond donors (Lipinski definition) is 2. The summed E-state index contributed by atoms with van der Waals surface area (Å²) >= 11 is 0. The van der Waals surface area contributed by atoms with Crippen LogP contribution in [0.15, 0.2) is 30.3 Å². The van der Waals surface area contributed by atoms with E-state index in [1.54, 1.807) is 12.1 Å². The van der Waals surface area contributed by atoms with Crippen LogP contribution in [-0.4, -0.2) is 37.2 Å². The summed E-state index contributed by atoms with van der Waals surface area (Å²) in [6.07, 6.45) is 0.215. The summed E-state index contributed by atoms with van der Waals surface area (Å²) in [6.45, 7) is 0.928. The Kier molecular flexibility index (Phi) is 4.70. The molecule has 1 aliphatic rings. The predicted octanol–water partition coefficient (Wildman–Crippen LogP) is 0.216. The van der Waals surface area contributed by atoms with Gasteiger partial charge in [-0.25, -0.2) is 0 Å². The molecule has 1 heterocycles. The van der Waals surface area contributed by atoms with Crippen molar-refractivity contribution in [3.8, 4) is 5.75 Å². The smallest absolute Gasteiger partial charge is 0.229 e. The molecule has 0 aromatic heterocycles. The summed E-state index contributed by atoms with van der Waals surface area (Å²) < 4.78 is 10.3. The van der Waals surface area contributed by atoms with Crippen molar-refractivity contribution in [2.45, 2.75) is 18.4 Å². The standard InChI is InChI=1S/C14H18N2O4/c15-14(9-19-10-14)8-13(18)16-12(17)6-7-20-11-4-2-1-3-5-11/h1-5H,6-10,15H2,(H,16,17,18). The summed E-state index contributed by atoms with van der Waals surface area (Å²) in [5.74, 6) is -0.0468. The van der Waals surface area contributed by atoms with Crippen molar-refractivity contribution >= 4 is 11.8 Å². The Morgan fingerprint density at radius 1 is 1.25 bits per heavy atom. The molecule has 1 aromatic rings. The summed E-state index contributed by atoms with van der Waals surface area (Å²) in [4.78, 5) is 23.1. The molecule has 0 aliphatic carbocycles. The molecule has 6 heteroatoms. The zero-order chi connectivity index (χ0) is 14.4. The van der Waals surface area contributed by atoms with Crippen LogP contribution in [0, 0.1) is 0 Å². The molecule has 0 radical (unpaired) electrons. The lowest BCUT2D eigenvalue weighted by Crippen LogP contribution is -2.59. The Morgan fingerprint density at radius 2 is 1.95 bits per heavy atom. The number of para-hydroxylation sites is 1. The van der Waals surface area contributed by atoms with Crippen molar-refractivity contribution < 1.29 is 19.1 Å². The van der Waals surface area contributed by atoms with Gasteiger partial charge in [0.1, 0.15) is 5.75 Å². The highest BCUT2D eigenvalue weighted by molar-refractivity contribution is 5.95. The first-order chi connectivity index (χ1) is 9.57. The number of carbonyl (C=O) groups excluding carboxylic acids is 2. The molecular formula is C14H18N2O4. The minimum absolute atomic E-state index is 0.0955. The normalized spacial score (nSPS) is 16.1. The van der Waals surface area contributed by atoms with E-state index in [0.29, 0.717) is 19.0 Å². The molecule has 3 N–H and O–H groups in total. The molecule has 0 unspecified atom stereocenters. The number of amides is 2. The van der Waals surface area contributed by atoms with Gasteiger partial charge >= 0.3 is 0 Å². The van der Waals surface area contributed by atoms with Gasteiger partial charge in [-0.05, 0) is 12.1 Å². The van der Waals surface area contributed by atoms with Gasteiger partial charge < -0.3 is 15.2 Å². The van der Waals surface area contributed by atoms with Crippen LogP contribution in [0.25, 0.3) is 0 Å². The molecule has 1 fully saturated rings. The van der Waals surface area contributed by atoms with Crippen LogP contribution in [0.4, 0.5) is 0 Å². The lowest BCUT2D eigenvalue weighted by Gasteiger charge is -2.36. The number of benzene rings is 1. The maximum Gasteiger partial charge on any atom is 0.229 e. The Labute approximate surface area is 117 Å². The van der Waals surface area contributed by atoms with Crippen molar-refractivity contribution in [3.63, 3.8) is 0 Å². The van der Waals surface area contributed by atoms with E-state index < -0.39 is 5.54 Å². The second-order valence-corrected chi connectivity index (χ2v) is 4.91. The minimum Gasteiger partial charge on any atom is -0.493 e. The maximum absolute atomic E-state index is 11.6. The number of carbonyl (C=O) groups is 2. The molecule has 6 nitrogen and oxygen atoms in total. The molecule has 1 saturated heterocycles. The summed E-state index contributed by atoms with van der Waals surface area (Å²) in [5.41, 5.74) is 5.21. The molecule has 20 heavy (non-hydrogen) atoms. The third kappa shape index (κ3) is 4.32. The summed E-state index contributed by atoms with van der Waals surface area (Å²) in [5, 5.41) is 2.30. The van der Waals surface area contributed by atoms with Gasteiger partial charge in [0.15, 0.2) is 0 Å². The van der Waals surface area contributed by atoms with Gasteiger partial charge in [-0.15, -0.1) is 0 Å². The fourth-order valence-electron chi connectivity index (χ4n) is 1.83. The first-order valence-corrected chi connectivity index (χ1v) is 6.45. The number of hydrogen-bond acceptors (Lipinski definition) is 5. The van der Waals surface area contributed by atoms with Crippen molar-refractivity contribution in [2.24, 2.45) is 5.73 Å². The topological polar surface area (TPSA) is 90.7 Å². The number of imide groups is 1. The molecule has 2 rings (SSSR count). The van der Waals surface area contributed by atoms with Crippen LogP contribution in [-0.2, 0) is 14.3 Å². The van der Waals surface area contributed by atoms with Gasteiger partial charge in [0.25, 0.3) is 0 Å². The zero-order valence-electron chi connectivity index (χ0n) is 11.1. The summed E-state index contributed by atoms with van der Waals surface area (Å²) in [7, 11) is 0. The van der Waals surface area contributed by atoms with Crippen molar-refractivity contribution in [2.75, 3.05) is 19.8 Å². The monoisotopic (exact) mass is 278 g/mol. The van der Waals surface area contributed by atoms with E-state index in [0.717, 1.165) is 0 Å². The Hall–Kier alpha value is -1.92. The van der Waals surface area contributed by atoms with Gasteiger partial charge in [-0.2, -0.15) is 0 Å². The molecule has 0 saturated carbocycles. The largest absolute Gasteiger partial charge is 0.493 e. The van der Waals surface area contributed by atoms with E-state index in [-0.39, 0.29) is 31.3 Å². The van der Waals surface area contributed by atoms with Gasteiger partial charge in [-0.3, -0.25) is 14.9 Å². The number of rotatable bonds is 6. The lowest BCUT2D eigenvalue weighted by atomic mass is 9.94. The van der Waals surface area contributed by atoms with Gasteiger partial charge in [0.05, 0.1) is 31.8 Å². The highest BCUT2D eigenvalue weighted by atomic mass is 16.5. The average molecular weight is 278 g/mol. The molecular weight excluding hydrogens is 260 g/mol. The first-order valence-electron chi connectivity index (χ1n) is 6.45. The SMILES string of the molecule is NC1(CC(=O)NC(=O)CCOc2ccccc2)COC1. The van der Waals surface area contributed by atoms with Crippen LogP contribution in [0.3, 0.4) is 0 Å². The second-order valence-electron chi connectivity index (χ2n) is 4.91. The van der Waals surface area contributed by atoms with E-state index >= 15 is 0 Å². The Morgan fingerprint density at radius 3 is 2.55 bits per heavy atom. The maximum atomic E-state index is 11.6. The highest BCUT2D eigenvalue weighted by Crippen LogP contribution is 2.17. The number of nitrogens with two attached hydrogens (primary N) is 1. The van der Waals surface area contributed by atoms with E-state index in [9.17, 15) is 9.59 Å². The molecule has 0 atom stereocenters. The molecule has 2 amide bonds. The van der Waals surface area contributed by atoms with Gasteiger partial charge in [0.2, 0.25) is 11.8 Å². The highest BCUT2D eigenvalue weighted by Gasteiger charge is 2.36. The van der Waals surface area contributed by atoms with Crippen LogP contribution < -0.4 is 15.8 Å². The van der Waals surface area contributed by atoms with Crippen LogP contribution >= 0.6 is 0 Å². The minimum atomic E-state index is -0.620. The number of nitrogens with one attached hydrogen (secondary N) is 1. The van der Waals surface area contributed by atoms with Crippen LogP contribution in [0.2, 0.25) is 0 Å².